The van der Waals surface area contributed by atoms with E-state index in [2.05, 4.69) is 62.6 Å². The highest BCUT2D eigenvalue weighted by molar-refractivity contribution is 8.00. The number of methoxy groups -OCH3 is 3. The maximum Gasteiger partial charge on any atom is 0.257 e. The number of hydrogen-bond acceptors (Lipinski definition) is 23. The standard InChI is InChI=1S/C19H19NO4S.C17H17N3O2S.C17H20N2O4S.C17H17NO4S.C16H15N3O4S.C16H14N2O3S/c1-3-15-8-10-16(11-9-15)14-19(21)17-6-4-5-7-18(17)20-25(22,23)13-12-24-2;1-20(23(2,3)22)16-7-5-4-6-15(16)17(21)19-14-10-8-13(12-18)9-11-14;1-23-12-11-13-7-9-14(10-8-13)18-17(20)15-5-3-4-6-16(15)19-24(2,21)22;1-12(19)14-7-5-6-13(10-14)11-17(20)15-8-3-4-9-16(15)18-23(2,21)22;1-23-15-8-7-12(9-11(15)10-17)18-16(20)13-5-3-4-6-14(13)19-24(2,21)22;1-3-12-7-6-8-13(11-12)17-16(19)14-9-4-5-10-15(14)18-22(2,20)21/h1,4-11,20H,12-14H2,2H3;4-11H,2H2,1,3H3,(H,19,21);3-10,19H,11-12H2,1-2H3,(H,18,20);3-10,18H,11H2,1-2H3;3-9,19H,1-2H3,(H,18,20);1,4-11,18H,2H3,(H,17,19). The van der Waals surface area contributed by atoms with Gasteiger partial charge in [-0.15, -0.1) is 12.8 Å². The van der Waals surface area contributed by atoms with Crippen molar-refractivity contribution >= 4 is 164 Å². The number of ether oxygens (including phenoxy) is 3. The van der Waals surface area contributed by atoms with Gasteiger partial charge in [-0.2, -0.15) is 10.5 Å². The van der Waals surface area contributed by atoms with Crippen LogP contribution in [-0.4, -0.2) is 172 Å². The van der Waals surface area contributed by atoms with Crippen molar-refractivity contribution < 1.29 is 94.1 Å². The molecule has 0 spiro atoms. The zero-order valence-corrected chi connectivity index (χ0v) is 83.0. The summed E-state index contributed by atoms with van der Waals surface area (Å²) < 4.78 is 155. The molecule has 0 radical (unpaired) electrons. The van der Waals surface area contributed by atoms with Crippen LogP contribution in [0.5, 0.6) is 5.75 Å². The highest BCUT2D eigenvalue weighted by Gasteiger charge is 2.23. The predicted octanol–water partition coefficient (Wildman–Crippen LogP) is 14.7. The fourth-order valence-electron chi connectivity index (χ4n) is 12.4. The maximum absolute atomic E-state index is 12.6. The Labute approximate surface area is 821 Å². The molecule has 39 heteroatoms. The molecule has 12 aromatic rings. The summed E-state index contributed by atoms with van der Waals surface area (Å²) in [6, 6.07) is 82.3. The van der Waals surface area contributed by atoms with Gasteiger partial charge in [0.2, 0.25) is 50.1 Å². The first-order chi connectivity index (χ1) is 66.6. The number of terminal acetylenes is 2. The molecule has 0 bridgehead atoms. The van der Waals surface area contributed by atoms with E-state index in [1.54, 1.807) is 257 Å². The summed E-state index contributed by atoms with van der Waals surface area (Å²) in [5.74, 6) is 6.74. The first kappa shape index (κ1) is 112. The van der Waals surface area contributed by atoms with Gasteiger partial charge in [0.25, 0.3) is 23.6 Å². The first-order valence-electron chi connectivity index (χ1n) is 41.9. The maximum atomic E-state index is 12.6. The third-order valence-electron chi connectivity index (χ3n) is 19.2. The number of nitriles is 2. The summed E-state index contributed by atoms with van der Waals surface area (Å²) in [5.41, 5.74) is 10.8. The van der Waals surface area contributed by atoms with Crippen molar-refractivity contribution in [3.05, 3.63) is 363 Å². The Morgan fingerprint density at radius 2 is 0.738 bits per heavy atom. The van der Waals surface area contributed by atoms with E-state index in [4.69, 9.17) is 37.6 Å². The molecule has 732 valence electrons. The lowest BCUT2D eigenvalue weighted by Crippen LogP contribution is -2.27. The average Bonchev–Trinajstić information content (AvgIpc) is 0.812. The third kappa shape index (κ3) is 38.4. The summed E-state index contributed by atoms with van der Waals surface area (Å²) in [6.07, 6.45) is 17.3. The highest BCUT2D eigenvalue weighted by atomic mass is 32.2. The Balaban J connectivity index is 0.000000230. The molecular formula is C102H102N12O21S6. The quantitative estimate of drug-likeness (QED) is 0.0103. The van der Waals surface area contributed by atoms with Crippen LogP contribution in [0.15, 0.2) is 285 Å². The normalized spacial score (nSPS) is 11.1. The van der Waals surface area contributed by atoms with Crippen molar-refractivity contribution in [2.75, 3.05) is 128 Å². The summed E-state index contributed by atoms with van der Waals surface area (Å²) in [4.78, 5) is 86.1. The van der Waals surface area contributed by atoms with Crippen LogP contribution in [0.2, 0.25) is 0 Å². The average molecular weight is 2020 g/mol. The molecule has 12 aromatic carbocycles. The second-order valence-corrected chi connectivity index (χ2v) is 41.9. The molecule has 0 aliphatic heterocycles. The van der Waals surface area contributed by atoms with E-state index in [0.717, 1.165) is 48.1 Å². The Hall–Kier alpha value is -16.1. The van der Waals surface area contributed by atoms with Gasteiger partial charge in [0, 0.05) is 101 Å². The third-order valence-corrected chi connectivity index (χ3v) is 24.1. The molecule has 0 aromatic heterocycles. The zero-order valence-electron chi connectivity index (χ0n) is 78.1. The lowest BCUT2D eigenvalue weighted by atomic mass is 9.99. The van der Waals surface area contributed by atoms with E-state index >= 15 is 0 Å². The van der Waals surface area contributed by atoms with Crippen LogP contribution in [0.25, 0.3) is 0 Å². The van der Waals surface area contributed by atoms with E-state index in [-0.39, 0.29) is 105 Å². The lowest BCUT2D eigenvalue weighted by Gasteiger charge is -2.23. The number of rotatable bonds is 34. The monoisotopic (exact) mass is 2020 g/mol. The summed E-state index contributed by atoms with van der Waals surface area (Å²) in [5, 5.41) is 28.7. The van der Waals surface area contributed by atoms with E-state index in [1.165, 1.54) is 62.0 Å². The van der Waals surface area contributed by atoms with Crippen molar-refractivity contribution in [2.45, 2.75) is 26.2 Å². The number of amides is 4. The summed E-state index contributed by atoms with van der Waals surface area (Å²) >= 11 is 0. The minimum Gasteiger partial charge on any atom is -0.495 e. The van der Waals surface area contributed by atoms with Gasteiger partial charge in [0.05, 0.1) is 125 Å². The van der Waals surface area contributed by atoms with E-state index in [1.807, 2.05) is 24.3 Å². The Bertz CT molecular complexity index is 7450. The molecule has 0 fully saturated rings. The second kappa shape index (κ2) is 53.0. The molecule has 4 amide bonds. The summed E-state index contributed by atoms with van der Waals surface area (Å²) in [7, 11) is -13.8. The molecule has 12 rings (SSSR count). The van der Waals surface area contributed by atoms with Crippen LogP contribution in [0, 0.1) is 47.3 Å². The van der Waals surface area contributed by atoms with Crippen molar-refractivity contribution in [1.82, 2.24) is 0 Å². The zero-order chi connectivity index (χ0) is 104. The smallest absolute Gasteiger partial charge is 0.257 e. The lowest BCUT2D eigenvalue weighted by molar-refractivity contribution is 0.0985. The number of anilines is 10. The Morgan fingerprint density at radius 1 is 0.369 bits per heavy atom. The van der Waals surface area contributed by atoms with Crippen LogP contribution < -0.4 is 53.9 Å². The van der Waals surface area contributed by atoms with Crippen LogP contribution >= 0.6 is 0 Å². The second-order valence-electron chi connectivity index (χ2n) is 30.6. The molecule has 0 aliphatic rings. The highest BCUT2D eigenvalue weighted by Crippen LogP contribution is 2.29. The van der Waals surface area contributed by atoms with Crippen LogP contribution in [0.4, 0.5) is 56.9 Å². The molecule has 1 atom stereocenters. The Morgan fingerprint density at radius 3 is 1.16 bits per heavy atom. The SMILES string of the molecule is C#Cc1ccc(CC(=O)c2ccccc2NS(=O)(=O)CCOC)cc1.C#Cc1cccc(NC(=O)c2ccccc2NS(C)(=O)=O)c1.C=S(C)(=O)N(C)c1ccccc1C(=O)Nc1ccc(C#N)cc1.CC(=O)c1cccc(CC(=O)c2ccccc2NS(C)(=O)=O)c1.COCCc1ccc(NC(=O)c2ccccc2NS(C)(=O)=O)cc1.COc1ccc(NC(=O)c2ccccc2NS(C)(=O)=O)cc1C#N. The number of ketones is 3. The molecule has 33 nitrogen and oxygen atoms in total. The van der Waals surface area contributed by atoms with Gasteiger partial charge >= 0.3 is 0 Å². The van der Waals surface area contributed by atoms with Crippen LogP contribution in [0.1, 0.15) is 118 Å². The number of carbonyl (C=O) groups is 7. The van der Waals surface area contributed by atoms with Gasteiger partial charge < -0.3 is 39.8 Å². The molecule has 0 heterocycles. The number of hydrogen-bond donors (Lipinski definition) is 9. The van der Waals surface area contributed by atoms with Crippen LogP contribution in [-0.2, 0) is 88.6 Å². The topological polar surface area (TPSA) is 494 Å². The number of nitrogens with zero attached hydrogens (tertiary/aromatic N) is 3. The van der Waals surface area contributed by atoms with Gasteiger partial charge in [-0.3, -0.25) is 57.2 Å². The number of para-hydroxylation sites is 6. The molecule has 9 N–H and O–H groups in total. The first-order valence-corrected chi connectivity index (χ1v) is 53.2. The molecule has 0 saturated carbocycles. The molecule has 0 saturated heterocycles. The molecular weight excluding hydrogens is 1920 g/mol. The van der Waals surface area contributed by atoms with Crippen molar-refractivity contribution in [1.29, 1.82) is 10.5 Å². The van der Waals surface area contributed by atoms with E-state index in [0.29, 0.717) is 79.7 Å². The van der Waals surface area contributed by atoms with Crippen LogP contribution in [0.3, 0.4) is 0 Å². The van der Waals surface area contributed by atoms with Gasteiger partial charge in [-0.1, -0.05) is 133 Å². The van der Waals surface area contributed by atoms with Crippen molar-refractivity contribution in [2.24, 2.45) is 0 Å². The van der Waals surface area contributed by atoms with Crippen molar-refractivity contribution in [3.8, 4) is 42.6 Å². The minimum absolute atomic E-state index is 0.0709. The molecule has 0 aliphatic carbocycles. The molecule has 141 heavy (non-hydrogen) atoms. The number of carbonyl (C=O) groups excluding carboxylic acids is 7. The van der Waals surface area contributed by atoms with Crippen molar-refractivity contribution in [3.63, 3.8) is 0 Å². The Kier molecular flexibility index (Phi) is 42.1. The summed E-state index contributed by atoms with van der Waals surface area (Å²) in [6.45, 7) is 2.18. The predicted molar refractivity (Wildman–Crippen MR) is 555 cm³/mol. The van der Waals surface area contributed by atoms with Gasteiger partial charge in [-0.25, -0.2) is 46.3 Å². The number of benzene rings is 12. The van der Waals surface area contributed by atoms with Gasteiger partial charge in [0.1, 0.15) is 11.8 Å². The van der Waals surface area contributed by atoms with Gasteiger partial charge in [0.15, 0.2) is 17.3 Å². The van der Waals surface area contributed by atoms with E-state index < -0.39 is 71.6 Å². The number of Topliss-reactive ketones (excluding diaryl/α,β-unsaturated/α-hetero) is 3. The number of sulfonamides is 5. The fourth-order valence-corrected chi connectivity index (χ4v) is 16.3. The fraction of sp³-hybridized carbons (Fsp3) is 0.157. The molecule has 1 unspecified atom stereocenters. The van der Waals surface area contributed by atoms with Gasteiger partial charge in [-0.05, 0) is 200 Å². The number of nitrogens with one attached hydrogen (secondary N) is 9. The minimum atomic E-state index is -3.58. The van der Waals surface area contributed by atoms with E-state index in [9.17, 15) is 79.9 Å². The largest absolute Gasteiger partial charge is 0.495 e.